The second-order valence-electron chi connectivity index (χ2n) is 17.7. The fourth-order valence-corrected chi connectivity index (χ4v) is 7.72. The van der Waals surface area contributed by atoms with E-state index in [-0.39, 0.29) is 36.0 Å². The predicted octanol–water partition coefficient (Wildman–Crippen LogP) is 9.34. The van der Waals surface area contributed by atoms with Crippen LogP contribution in [-0.4, -0.2) is 89.4 Å². The maximum atomic E-state index is 15.1. The van der Waals surface area contributed by atoms with Crippen LogP contribution in [0, 0.1) is 23.0 Å². The molecule has 1 amide bonds. The number of esters is 2. The maximum Gasteiger partial charge on any atom is 0.490 e. The molecule has 0 fully saturated rings. The van der Waals surface area contributed by atoms with Gasteiger partial charge in [0.05, 0.1) is 30.7 Å². The number of amides is 1. The van der Waals surface area contributed by atoms with Gasteiger partial charge in [-0.15, -0.1) is 0 Å². The van der Waals surface area contributed by atoms with E-state index in [1.165, 1.54) is 17.8 Å². The zero-order chi connectivity index (χ0) is 45.6. The summed E-state index contributed by atoms with van der Waals surface area (Å²) in [6.07, 6.45) is -2.88. The molecule has 0 saturated carbocycles. The molecule has 2 atom stereocenters. The van der Waals surface area contributed by atoms with E-state index >= 15 is 4.39 Å². The van der Waals surface area contributed by atoms with Gasteiger partial charge in [0.15, 0.2) is 0 Å². The van der Waals surface area contributed by atoms with E-state index < -0.39 is 66.8 Å². The first kappa shape index (κ1) is 51.9. The van der Waals surface area contributed by atoms with Crippen LogP contribution in [0.4, 0.5) is 22.0 Å². The smallest absolute Gasteiger partial charge is 0.475 e. The number of halogens is 5. The van der Waals surface area contributed by atoms with Gasteiger partial charge in [-0.25, -0.2) is 13.6 Å². The van der Waals surface area contributed by atoms with E-state index in [4.69, 9.17) is 25.1 Å². The first-order valence-electron chi connectivity index (χ1n) is 19.6. The molecule has 0 spiro atoms. The van der Waals surface area contributed by atoms with Crippen molar-refractivity contribution in [1.29, 1.82) is 0 Å². The highest BCUT2D eigenvalue weighted by atomic mass is 32.2. The van der Waals surface area contributed by atoms with Crippen molar-refractivity contribution in [3.63, 3.8) is 0 Å². The predicted molar refractivity (Wildman–Crippen MR) is 227 cm³/mol. The van der Waals surface area contributed by atoms with Crippen molar-refractivity contribution in [1.82, 2.24) is 9.47 Å². The molecule has 0 aliphatic carbocycles. The molecule has 3 rings (SSSR count). The molecule has 0 aliphatic rings. The third kappa shape index (κ3) is 18.2. The topological polar surface area (TPSA) is 141 Å². The van der Waals surface area contributed by atoms with Gasteiger partial charge in [0.25, 0.3) is 0 Å². The zero-order valence-corrected chi connectivity index (χ0v) is 37.8. The molecule has 0 radical (unpaired) electrons. The van der Waals surface area contributed by atoms with Gasteiger partial charge in [0.2, 0.25) is 5.91 Å². The maximum absolute atomic E-state index is 15.1. The molecule has 3 N–H and O–H groups in total. The molecular formula is C43H60F5N3O7SSi. The van der Waals surface area contributed by atoms with Crippen LogP contribution in [0.1, 0.15) is 71.7 Å². The molecule has 0 unspecified atom stereocenters. The highest BCUT2D eigenvalue weighted by molar-refractivity contribution is 7.99. The number of carboxylic acid groups (broad SMARTS) is 1. The molecule has 0 aliphatic heterocycles. The number of alkyl halides is 3. The van der Waals surface area contributed by atoms with Crippen LogP contribution in [0.5, 0.6) is 0 Å². The van der Waals surface area contributed by atoms with Crippen LogP contribution in [0.3, 0.4) is 0 Å². The van der Waals surface area contributed by atoms with Gasteiger partial charge in [-0.05, 0) is 75.0 Å². The van der Waals surface area contributed by atoms with Crippen molar-refractivity contribution in [3.05, 3.63) is 83.7 Å². The normalized spacial score (nSPS) is 13.1. The van der Waals surface area contributed by atoms with Crippen molar-refractivity contribution in [2.75, 3.05) is 31.2 Å². The number of rotatable bonds is 18. The number of carbonyl (C=O) groups is 4. The van der Waals surface area contributed by atoms with Crippen LogP contribution in [0.15, 0.2) is 60.8 Å². The Morgan fingerprint density at radius 2 is 1.57 bits per heavy atom. The minimum Gasteiger partial charge on any atom is -0.475 e. The number of carboxylic acids is 1. The minimum atomic E-state index is -5.08. The molecule has 1 heterocycles. The Morgan fingerprint density at radius 3 is 2.10 bits per heavy atom. The summed E-state index contributed by atoms with van der Waals surface area (Å²) >= 11 is 1.27. The lowest BCUT2D eigenvalue weighted by molar-refractivity contribution is -0.192. The fraction of sp³-hybridized carbons (Fsp3) is 0.535. The van der Waals surface area contributed by atoms with E-state index in [9.17, 15) is 31.9 Å². The molecule has 334 valence electrons. The van der Waals surface area contributed by atoms with Crippen LogP contribution >= 0.6 is 11.8 Å². The summed E-state index contributed by atoms with van der Waals surface area (Å²) < 4.78 is 74.4. The van der Waals surface area contributed by atoms with Gasteiger partial charge in [0, 0.05) is 49.9 Å². The zero-order valence-electron chi connectivity index (χ0n) is 36.0. The number of hydrogen-bond acceptors (Lipinski definition) is 8. The molecule has 17 heteroatoms. The third-order valence-corrected chi connectivity index (χ3v) is 11.5. The van der Waals surface area contributed by atoms with Crippen molar-refractivity contribution in [3.8, 4) is 11.1 Å². The Balaban J connectivity index is 0.00000162. The largest absolute Gasteiger partial charge is 0.490 e. The van der Waals surface area contributed by atoms with E-state index in [2.05, 4.69) is 19.6 Å². The van der Waals surface area contributed by atoms with Gasteiger partial charge in [-0.3, -0.25) is 14.4 Å². The number of aliphatic carboxylic acids is 1. The summed E-state index contributed by atoms with van der Waals surface area (Å²) in [5.41, 5.74) is 7.17. The van der Waals surface area contributed by atoms with Crippen LogP contribution in [-0.2, 0) is 35.2 Å². The number of nitrogens with zero attached hydrogens (tertiary/aromatic N) is 2. The lowest BCUT2D eigenvalue weighted by Crippen LogP contribution is -2.44. The number of hydrogen-bond donors (Lipinski definition) is 2. The van der Waals surface area contributed by atoms with Gasteiger partial charge in [0.1, 0.15) is 17.2 Å². The highest BCUT2D eigenvalue weighted by Gasteiger charge is 2.39. The van der Waals surface area contributed by atoms with Gasteiger partial charge >= 0.3 is 24.1 Å². The Morgan fingerprint density at radius 1 is 0.950 bits per heavy atom. The summed E-state index contributed by atoms with van der Waals surface area (Å²) in [4.78, 5) is 51.1. The molecule has 1 aromatic heterocycles. The summed E-state index contributed by atoms with van der Waals surface area (Å²) in [5.74, 6) is -5.56. The SMILES string of the molecule is CC(C)(C)OC(=O)C[C@@H](CSCC(=O)N(CCCN)[C@@H](c1cc(-c2cc(F)ccc2F)cn1Cc1ccccc1)C(C)(C)C)C(=O)OCC[Si](C)(C)C.O=C(O)C(F)(F)F. The molecule has 0 saturated heterocycles. The third-order valence-electron chi connectivity index (χ3n) is 8.75. The summed E-state index contributed by atoms with van der Waals surface area (Å²) in [5, 5.41) is 7.12. The monoisotopic (exact) mass is 885 g/mol. The number of carbonyl (C=O) groups excluding carboxylic acids is 3. The van der Waals surface area contributed by atoms with Gasteiger partial charge in [-0.2, -0.15) is 24.9 Å². The summed E-state index contributed by atoms with van der Waals surface area (Å²) in [6, 6.07) is 15.4. The summed E-state index contributed by atoms with van der Waals surface area (Å²) in [7, 11) is -1.46. The Kier molecular flexibility index (Phi) is 19.5. The lowest BCUT2D eigenvalue weighted by atomic mass is 9.83. The van der Waals surface area contributed by atoms with Crippen LogP contribution in [0.2, 0.25) is 25.7 Å². The first-order chi connectivity index (χ1) is 27.6. The van der Waals surface area contributed by atoms with Crippen molar-refractivity contribution >= 4 is 43.7 Å². The van der Waals surface area contributed by atoms with E-state index in [0.29, 0.717) is 31.6 Å². The number of thioether (sulfide) groups is 1. The molecule has 3 aromatic rings. The standard InChI is InChI=1S/C41H59F2N3O5SSi.C2HF3O2/c1-40(2,3)38(35-22-30(33-24-32(42)16-17-34(33)43)26-45(35)25-29-14-11-10-12-15-29)46(19-13-18-44)36(47)28-52-27-31(23-37(48)51-41(4,5)6)39(49)50-20-21-53(7,8)9;3-2(4,5)1(6)7/h10-12,14-17,22,24,26,31,38H,13,18-21,23,25,27-28,44H2,1-9H3;(H,6,7)/t31-,38-;/m0./s1. The van der Waals surface area contributed by atoms with Crippen LogP contribution < -0.4 is 5.73 Å². The van der Waals surface area contributed by atoms with Crippen molar-refractivity contribution in [2.45, 2.75) is 104 Å². The van der Waals surface area contributed by atoms with Gasteiger partial charge in [-0.1, -0.05) is 70.7 Å². The van der Waals surface area contributed by atoms with Crippen molar-refractivity contribution in [2.24, 2.45) is 17.1 Å². The molecule has 2 aromatic carbocycles. The molecule has 0 bridgehead atoms. The Labute approximate surface area is 355 Å². The highest BCUT2D eigenvalue weighted by Crippen LogP contribution is 2.41. The fourth-order valence-electron chi connectivity index (χ4n) is 6.01. The number of benzene rings is 2. The summed E-state index contributed by atoms with van der Waals surface area (Å²) in [6.45, 7) is 19.5. The van der Waals surface area contributed by atoms with E-state index in [1.54, 1.807) is 20.8 Å². The molecule has 10 nitrogen and oxygen atoms in total. The number of ether oxygens (including phenoxy) is 2. The van der Waals surface area contributed by atoms with Crippen LogP contribution in [0.25, 0.3) is 11.1 Å². The number of aromatic nitrogens is 1. The number of nitrogens with two attached hydrogens (primary N) is 1. The van der Waals surface area contributed by atoms with E-state index in [1.807, 2.05) is 72.8 Å². The quantitative estimate of drug-likeness (QED) is 0.0727. The average molecular weight is 886 g/mol. The van der Waals surface area contributed by atoms with Crippen molar-refractivity contribution < 1.29 is 55.7 Å². The Hall–Kier alpha value is -4.22. The van der Waals surface area contributed by atoms with E-state index in [0.717, 1.165) is 29.4 Å². The average Bonchev–Trinajstić information content (AvgIpc) is 3.50. The molecule has 60 heavy (non-hydrogen) atoms. The molecular weight excluding hydrogens is 826 g/mol. The first-order valence-corrected chi connectivity index (χ1v) is 24.4. The lowest BCUT2D eigenvalue weighted by Gasteiger charge is -2.41. The Bertz CT molecular complexity index is 1870. The minimum absolute atomic E-state index is 0.0366. The second-order valence-corrected chi connectivity index (χ2v) is 24.3. The second kappa shape index (κ2) is 22.6. The van der Waals surface area contributed by atoms with Gasteiger partial charge < -0.3 is 29.8 Å².